The third-order valence-corrected chi connectivity index (χ3v) is 5.62. The summed E-state index contributed by atoms with van der Waals surface area (Å²) in [6, 6.07) is 7.95. The molecule has 3 aromatic heterocycles. The first-order chi connectivity index (χ1) is 15.5. The second-order valence-electron chi connectivity index (χ2n) is 7.51. The first-order valence-corrected chi connectivity index (χ1v) is 9.83. The number of imidazole rings is 1. The van der Waals surface area contributed by atoms with Gasteiger partial charge in [-0.1, -0.05) is 6.92 Å². The molecule has 0 fully saturated rings. The lowest BCUT2D eigenvalue weighted by Crippen LogP contribution is -2.16. The number of nitrogens with two attached hydrogens (primary N) is 1. The number of carbonyl (C=O) groups excluding carboxylic acids is 1. The minimum Gasteiger partial charge on any atom is -0.383 e. The van der Waals surface area contributed by atoms with Crippen molar-refractivity contribution in [2.75, 3.05) is 5.73 Å². The number of anilines is 1. The van der Waals surface area contributed by atoms with E-state index in [0.29, 0.717) is 33.8 Å². The molecule has 0 saturated carbocycles. The maximum absolute atomic E-state index is 14.2. The number of nitrogen functional groups attached to an aromatic ring is 1. The van der Waals surface area contributed by atoms with E-state index in [2.05, 4.69) is 26.0 Å². The lowest BCUT2D eigenvalue weighted by Gasteiger charge is -2.20. The predicted molar refractivity (Wildman–Crippen MR) is 114 cm³/mol. The number of Topliss-reactive ketones (excluding diaryl/α,β-unsaturated/α-hetero) is 1. The lowest BCUT2D eigenvalue weighted by atomic mass is 9.87. The van der Waals surface area contributed by atoms with Crippen LogP contribution in [0.3, 0.4) is 0 Å². The number of hydrogen-bond donors (Lipinski definition) is 1. The van der Waals surface area contributed by atoms with Crippen molar-refractivity contribution in [2.45, 2.75) is 19.4 Å². The maximum atomic E-state index is 14.2. The van der Waals surface area contributed by atoms with Gasteiger partial charge in [-0.05, 0) is 29.8 Å². The summed E-state index contributed by atoms with van der Waals surface area (Å²) in [6.07, 6.45) is 6.14. The second kappa shape index (κ2) is 7.35. The van der Waals surface area contributed by atoms with E-state index in [0.717, 1.165) is 0 Å². The topological polar surface area (TPSA) is 123 Å². The van der Waals surface area contributed by atoms with Crippen LogP contribution in [-0.2, 0) is 6.54 Å². The zero-order valence-corrected chi connectivity index (χ0v) is 17.0. The Morgan fingerprint density at radius 3 is 2.78 bits per heavy atom. The Balaban J connectivity index is 1.87. The monoisotopic (exact) mass is 425 g/mol. The van der Waals surface area contributed by atoms with Gasteiger partial charge >= 0.3 is 0 Å². The van der Waals surface area contributed by atoms with Gasteiger partial charge in [0, 0.05) is 35.6 Å². The molecule has 9 heteroatoms. The molecule has 1 aromatic carbocycles. The highest BCUT2D eigenvalue weighted by Gasteiger charge is 2.27. The van der Waals surface area contributed by atoms with Crippen molar-refractivity contribution in [1.82, 2.24) is 24.5 Å². The highest BCUT2D eigenvalue weighted by molar-refractivity contribution is 6.05. The molecule has 0 amide bonds. The van der Waals surface area contributed by atoms with Gasteiger partial charge in [-0.3, -0.25) is 14.8 Å². The third-order valence-electron chi connectivity index (χ3n) is 5.62. The van der Waals surface area contributed by atoms with Crippen LogP contribution in [0.5, 0.6) is 0 Å². The first-order valence-electron chi connectivity index (χ1n) is 9.83. The number of hydrogen-bond acceptors (Lipinski definition) is 7. The number of rotatable bonds is 0. The average Bonchev–Trinajstić information content (AvgIpc) is 3.21. The number of nitrogens with zero attached hydrogens (tertiary/aromatic N) is 6. The summed E-state index contributed by atoms with van der Waals surface area (Å²) in [6.45, 7) is 1.95. The molecule has 8 nitrogen and oxygen atoms in total. The molecular formula is C23H16FN7O. The van der Waals surface area contributed by atoms with Crippen LogP contribution >= 0.6 is 0 Å². The number of fused-ring (bicyclic) bond motifs is 7. The number of halogens is 1. The summed E-state index contributed by atoms with van der Waals surface area (Å²) in [4.78, 5) is 30.8. The highest BCUT2D eigenvalue weighted by Crippen LogP contribution is 2.35. The van der Waals surface area contributed by atoms with Gasteiger partial charge in [0.05, 0.1) is 35.5 Å². The summed E-state index contributed by atoms with van der Waals surface area (Å²) in [7, 11) is 0. The molecule has 1 aliphatic rings. The van der Waals surface area contributed by atoms with E-state index in [4.69, 9.17) is 5.73 Å². The Kier molecular flexibility index (Phi) is 4.48. The molecule has 32 heavy (non-hydrogen) atoms. The number of aromatic nitrogens is 5. The van der Waals surface area contributed by atoms with Crippen molar-refractivity contribution in [3.63, 3.8) is 0 Å². The number of benzene rings is 1. The molecule has 4 aromatic rings. The van der Waals surface area contributed by atoms with E-state index in [9.17, 15) is 14.4 Å². The molecule has 0 radical (unpaired) electrons. The van der Waals surface area contributed by atoms with Crippen molar-refractivity contribution >= 4 is 11.6 Å². The van der Waals surface area contributed by atoms with Crippen LogP contribution in [-0.4, -0.2) is 30.3 Å². The molecule has 0 spiro atoms. The molecule has 4 heterocycles. The summed E-state index contributed by atoms with van der Waals surface area (Å²) in [5, 5.41) is 9.60. The number of nitriles is 1. The molecule has 0 aliphatic carbocycles. The Hall–Kier alpha value is -4.45. The largest absolute Gasteiger partial charge is 0.383 e. The van der Waals surface area contributed by atoms with E-state index < -0.39 is 11.7 Å². The molecule has 0 unspecified atom stereocenters. The van der Waals surface area contributed by atoms with Crippen molar-refractivity contribution < 1.29 is 9.18 Å². The van der Waals surface area contributed by atoms with E-state index in [-0.39, 0.29) is 29.4 Å². The van der Waals surface area contributed by atoms with E-state index >= 15 is 0 Å². The summed E-state index contributed by atoms with van der Waals surface area (Å²) in [5.74, 6) is -1.45. The highest BCUT2D eigenvalue weighted by atomic mass is 19.1. The van der Waals surface area contributed by atoms with Crippen LogP contribution in [0.4, 0.5) is 10.2 Å². The molecule has 5 rings (SSSR count). The summed E-state index contributed by atoms with van der Waals surface area (Å²) < 4.78 is 16.0. The van der Waals surface area contributed by atoms with Gasteiger partial charge in [0.15, 0.2) is 11.5 Å². The van der Waals surface area contributed by atoms with Gasteiger partial charge in [0.2, 0.25) is 0 Å². The standard InChI is InChI=1S/C23H16FN7O/c1-12-16-7-14(24)2-3-15(16)20-19(27-4-5-28-20)10-31-11-30-18(8-25)21(31)13-6-17(22(12)32)23(26)29-9-13/h2-7,9,11-12H,10H2,1H3,(H2,26,29)/t12-/m1/s1. The minimum atomic E-state index is -0.727. The maximum Gasteiger partial charge on any atom is 0.173 e. The van der Waals surface area contributed by atoms with Gasteiger partial charge in [-0.15, -0.1) is 0 Å². The Morgan fingerprint density at radius 1 is 1.16 bits per heavy atom. The number of pyridine rings is 1. The fourth-order valence-electron chi connectivity index (χ4n) is 4.04. The zero-order valence-electron chi connectivity index (χ0n) is 17.0. The fraction of sp³-hybridized carbons (Fsp3) is 0.130. The van der Waals surface area contributed by atoms with Crippen molar-refractivity contribution in [3.05, 3.63) is 77.5 Å². The van der Waals surface area contributed by atoms with Gasteiger partial charge in [0.25, 0.3) is 0 Å². The van der Waals surface area contributed by atoms with Gasteiger partial charge in [-0.2, -0.15) is 5.26 Å². The van der Waals surface area contributed by atoms with Crippen LogP contribution in [0.25, 0.3) is 22.5 Å². The summed E-state index contributed by atoms with van der Waals surface area (Å²) >= 11 is 0. The van der Waals surface area contributed by atoms with Crippen LogP contribution in [0.15, 0.2) is 49.2 Å². The van der Waals surface area contributed by atoms with E-state index in [1.807, 2.05) is 0 Å². The molecule has 2 N–H and O–H groups in total. The summed E-state index contributed by atoms with van der Waals surface area (Å²) in [5.41, 5.74) is 9.64. The van der Waals surface area contributed by atoms with Crippen molar-refractivity contribution in [1.29, 1.82) is 5.26 Å². The van der Waals surface area contributed by atoms with E-state index in [1.54, 1.807) is 36.0 Å². The Labute approximate surface area is 182 Å². The van der Waals surface area contributed by atoms with Crippen LogP contribution in [0.2, 0.25) is 0 Å². The van der Waals surface area contributed by atoms with Crippen LogP contribution in [0, 0.1) is 17.1 Å². The molecule has 1 aliphatic heterocycles. The third kappa shape index (κ3) is 3.01. The average molecular weight is 425 g/mol. The van der Waals surface area contributed by atoms with Crippen LogP contribution in [0.1, 0.15) is 40.2 Å². The predicted octanol–water partition coefficient (Wildman–Crippen LogP) is 3.34. The lowest BCUT2D eigenvalue weighted by molar-refractivity contribution is 0.0967. The fourth-order valence-corrected chi connectivity index (χ4v) is 4.04. The Morgan fingerprint density at radius 2 is 1.97 bits per heavy atom. The van der Waals surface area contributed by atoms with Gasteiger partial charge in [0.1, 0.15) is 17.7 Å². The van der Waals surface area contributed by atoms with Gasteiger partial charge in [-0.25, -0.2) is 14.4 Å². The smallest absolute Gasteiger partial charge is 0.173 e. The van der Waals surface area contributed by atoms with E-state index in [1.165, 1.54) is 24.7 Å². The molecule has 156 valence electrons. The zero-order chi connectivity index (χ0) is 22.4. The molecular weight excluding hydrogens is 409 g/mol. The van der Waals surface area contributed by atoms with Gasteiger partial charge < -0.3 is 10.3 Å². The second-order valence-corrected chi connectivity index (χ2v) is 7.51. The SMILES string of the molecule is C[C@H]1C(=O)c2cc(cnc2N)-c2c(C#N)ncn2Cc2nccnc2-c2ccc(F)cc21. The molecule has 0 saturated heterocycles. The van der Waals surface area contributed by atoms with Crippen molar-refractivity contribution in [2.24, 2.45) is 0 Å². The molecule has 1 atom stereocenters. The Bertz CT molecular complexity index is 1440. The molecule has 2 bridgehead atoms. The first kappa shape index (κ1) is 19.5. The van der Waals surface area contributed by atoms with Crippen molar-refractivity contribution in [3.8, 4) is 28.6 Å². The minimum absolute atomic E-state index is 0.0605. The normalized spacial score (nSPS) is 14.9. The van der Waals surface area contributed by atoms with Crippen LogP contribution < -0.4 is 5.73 Å². The quantitative estimate of drug-likeness (QED) is 0.458. The number of ketones is 1. The number of carbonyl (C=O) groups is 1.